The number of carbonyl (C=O) groups excluding carboxylic acids is 2. The lowest BCUT2D eigenvalue weighted by molar-refractivity contribution is -0.126. The second-order valence-electron chi connectivity index (χ2n) is 5.85. The van der Waals surface area contributed by atoms with Crippen molar-refractivity contribution in [2.24, 2.45) is 5.92 Å². The van der Waals surface area contributed by atoms with Crippen molar-refractivity contribution >= 4 is 56.5 Å². The molecule has 0 aliphatic carbocycles. The summed E-state index contributed by atoms with van der Waals surface area (Å²) < 4.78 is 1.10. The van der Waals surface area contributed by atoms with Gasteiger partial charge in [-0.25, -0.2) is 0 Å². The van der Waals surface area contributed by atoms with E-state index in [4.69, 9.17) is 0 Å². The molecular formula is C18H19BrN2O2S2. The third-order valence-corrected chi connectivity index (χ3v) is 6.57. The Morgan fingerprint density at radius 3 is 2.96 bits per heavy atom. The highest BCUT2D eigenvalue weighted by Gasteiger charge is 2.35. The second kappa shape index (κ2) is 8.38. The number of thioether (sulfide) groups is 1. The predicted molar refractivity (Wildman–Crippen MR) is 107 cm³/mol. The van der Waals surface area contributed by atoms with Crippen molar-refractivity contribution in [3.05, 3.63) is 45.1 Å². The molecule has 1 aromatic carbocycles. The number of hydrogen-bond acceptors (Lipinski definition) is 4. The molecule has 0 radical (unpaired) electrons. The molecule has 2 heterocycles. The van der Waals surface area contributed by atoms with Gasteiger partial charge in [-0.2, -0.15) is 0 Å². The Morgan fingerprint density at radius 2 is 2.24 bits per heavy atom. The summed E-state index contributed by atoms with van der Waals surface area (Å²) in [5.74, 6) is -0.298. The Balaban J connectivity index is 1.55. The lowest BCUT2D eigenvalue weighted by atomic mass is 10.1. The van der Waals surface area contributed by atoms with Gasteiger partial charge < -0.3 is 10.2 Å². The van der Waals surface area contributed by atoms with Crippen molar-refractivity contribution in [3.63, 3.8) is 0 Å². The smallest absolute Gasteiger partial charge is 0.227 e. The van der Waals surface area contributed by atoms with Gasteiger partial charge in [0.2, 0.25) is 11.8 Å². The minimum atomic E-state index is -0.277. The van der Waals surface area contributed by atoms with E-state index in [-0.39, 0.29) is 24.2 Å². The van der Waals surface area contributed by atoms with Crippen LogP contribution in [0.5, 0.6) is 0 Å². The van der Waals surface area contributed by atoms with Gasteiger partial charge in [-0.1, -0.05) is 6.07 Å². The molecule has 1 saturated heterocycles. The van der Waals surface area contributed by atoms with Gasteiger partial charge in [0.05, 0.1) is 9.70 Å². The summed E-state index contributed by atoms with van der Waals surface area (Å²) in [4.78, 5) is 28.8. The summed E-state index contributed by atoms with van der Waals surface area (Å²) in [7, 11) is 0. The number of rotatable bonds is 6. The number of nitrogens with zero attached hydrogens (tertiary/aromatic N) is 1. The number of halogens is 1. The fourth-order valence-electron chi connectivity index (χ4n) is 2.85. The van der Waals surface area contributed by atoms with E-state index < -0.39 is 0 Å². The van der Waals surface area contributed by atoms with Crippen LogP contribution in [0.25, 0.3) is 0 Å². The van der Waals surface area contributed by atoms with E-state index in [1.807, 2.05) is 36.6 Å². The number of amides is 2. The van der Waals surface area contributed by atoms with Crippen LogP contribution in [0.4, 0.5) is 5.69 Å². The molecule has 2 aromatic rings. The Kier molecular flexibility index (Phi) is 6.19. The zero-order valence-electron chi connectivity index (χ0n) is 13.8. The molecule has 1 atom stereocenters. The third kappa shape index (κ3) is 4.65. The molecule has 1 aliphatic heterocycles. The lowest BCUT2D eigenvalue weighted by Gasteiger charge is -2.17. The van der Waals surface area contributed by atoms with Gasteiger partial charge in [-0.3, -0.25) is 9.59 Å². The first kappa shape index (κ1) is 18.5. The van der Waals surface area contributed by atoms with Crippen molar-refractivity contribution in [2.45, 2.75) is 17.7 Å². The predicted octanol–water partition coefficient (Wildman–Crippen LogP) is 3.94. The summed E-state index contributed by atoms with van der Waals surface area (Å²) in [5.41, 5.74) is 0.871. The molecule has 1 N–H and O–H groups in total. The van der Waals surface area contributed by atoms with Crippen LogP contribution < -0.4 is 10.2 Å². The van der Waals surface area contributed by atoms with E-state index in [0.29, 0.717) is 13.1 Å². The molecule has 4 nitrogen and oxygen atoms in total. The lowest BCUT2D eigenvalue weighted by Crippen LogP contribution is -2.34. The quantitative estimate of drug-likeness (QED) is 0.694. The minimum absolute atomic E-state index is 0.0144. The summed E-state index contributed by atoms with van der Waals surface area (Å²) in [6.07, 6.45) is 3.09. The van der Waals surface area contributed by atoms with Crippen molar-refractivity contribution in [2.75, 3.05) is 24.2 Å². The van der Waals surface area contributed by atoms with Crippen molar-refractivity contribution < 1.29 is 9.59 Å². The standard InChI is InChI=1S/C18H19BrN2O2S2/c1-24-15-4-2-3-13(10-15)21-11-12(9-17(21)22)18(23)20-8-7-14-5-6-16(19)25-14/h2-6,10,12H,7-9,11H2,1H3,(H,20,23). The van der Waals surface area contributed by atoms with Gasteiger partial charge in [0.25, 0.3) is 0 Å². The molecule has 3 rings (SSSR count). The highest BCUT2D eigenvalue weighted by Crippen LogP contribution is 2.28. The molecule has 2 amide bonds. The Hall–Kier alpha value is -1.31. The molecule has 1 fully saturated rings. The van der Waals surface area contributed by atoms with Crippen LogP contribution >= 0.6 is 39.0 Å². The summed E-state index contributed by atoms with van der Waals surface area (Å²) in [6, 6.07) is 11.9. The van der Waals surface area contributed by atoms with E-state index in [0.717, 1.165) is 20.8 Å². The number of benzene rings is 1. The zero-order valence-corrected chi connectivity index (χ0v) is 17.0. The fourth-order valence-corrected chi connectivity index (χ4v) is 4.79. The molecule has 132 valence electrons. The molecule has 0 spiro atoms. The average molecular weight is 439 g/mol. The largest absolute Gasteiger partial charge is 0.355 e. The minimum Gasteiger partial charge on any atom is -0.355 e. The number of carbonyl (C=O) groups is 2. The summed E-state index contributed by atoms with van der Waals surface area (Å²) in [6.45, 7) is 1.05. The molecule has 0 bridgehead atoms. The highest BCUT2D eigenvalue weighted by atomic mass is 79.9. The normalized spacial score (nSPS) is 17.1. The maximum Gasteiger partial charge on any atom is 0.227 e. The molecular weight excluding hydrogens is 420 g/mol. The van der Waals surface area contributed by atoms with Gasteiger partial charge in [0.15, 0.2) is 0 Å². The first-order valence-corrected chi connectivity index (χ1v) is 10.9. The number of anilines is 1. The number of nitrogens with one attached hydrogen (secondary N) is 1. The van der Waals surface area contributed by atoms with Gasteiger partial charge in [0, 0.05) is 35.0 Å². The average Bonchev–Trinajstić information content (AvgIpc) is 3.20. The van der Waals surface area contributed by atoms with Crippen molar-refractivity contribution in [3.8, 4) is 0 Å². The molecule has 7 heteroatoms. The number of hydrogen-bond donors (Lipinski definition) is 1. The first-order chi connectivity index (χ1) is 12.1. The van der Waals surface area contributed by atoms with E-state index in [1.54, 1.807) is 28.0 Å². The van der Waals surface area contributed by atoms with Gasteiger partial charge in [-0.15, -0.1) is 23.1 Å². The van der Waals surface area contributed by atoms with Gasteiger partial charge in [-0.05, 0) is 58.9 Å². The van der Waals surface area contributed by atoms with E-state index in [1.165, 1.54) is 4.88 Å². The van der Waals surface area contributed by atoms with Crippen LogP contribution in [-0.2, 0) is 16.0 Å². The van der Waals surface area contributed by atoms with Crippen LogP contribution in [0.15, 0.2) is 45.1 Å². The molecule has 1 aliphatic rings. The Bertz CT molecular complexity index is 778. The summed E-state index contributed by atoms with van der Waals surface area (Å²) in [5, 5.41) is 2.97. The zero-order chi connectivity index (χ0) is 17.8. The third-order valence-electron chi connectivity index (χ3n) is 4.16. The van der Waals surface area contributed by atoms with Crippen LogP contribution in [0.2, 0.25) is 0 Å². The molecule has 0 saturated carbocycles. The second-order valence-corrected chi connectivity index (χ2v) is 9.28. The van der Waals surface area contributed by atoms with E-state index >= 15 is 0 Å². The van der Waals surface area contributed by atoms with Crippen LogP contribution in [0.3, 0.4) is 0 Å². The van der Waals surface area contributed by atoms with Gasteiger partial charge >= 0.3 is 0 Å². The first-order valence-electron chi connectivity index (χ1n) is 8.03. The Labute approximate surface area is 164 Å². The maximum absolute atomic E-state index is 12.4. The molecule has 25 heavy (non-hydrogen) atoms. The van der Waals surface area contributed by atoms with Crippen molar-refractivity contribution in [1.82, 2.24) is 5.32 Å². The van der Waals surface area contributed by atoms with Crippen LogP contribution in [0.1, 0.15) is 11.3 Å². The molecule has 1 unspecified atom stereocenters. The Morgan fingerprint density at radius 1 is 1.40 bits per heavy atom. The maximum atomic E-state index is 12.4. The molecule has 1 aromatic heterocycles. The van der Waals surface area contributed by atoms with Crippen LogP contribution in [-0.4, -0.2) is 31.2 Å². The SMILES string of the molecule is CSc1cccc(N2CC(C(=O)NCCc3ccc(Br)s3)CC2=O)c1. The highest BCUT2D eigenvalue weighted by molar-refractivity contribution is 9.11. The topological polar surface area (TPSA) is 49.4 Å². The van der Waals surface area contributed by atoms with Gasteiger partial charge in [0.1, 0.15) is 0 Å². The monoisotopic (exact) mass is 438 g/mol. The van der Waals surface area contributed by atoms with Crippen LogP contribution in [0, 0.1) is 5.92 Å². The fraction of sp³-hybridized carbons (Fsp3) is 0.333. The number of thiophene rings is 1. The van der Waals surface area contributed by atoms with E-state index in [2.05, 4.69) is 27.3 Å². The van der Waals surface area contributed by atoms with E-state index in [9.17, 15) is 9.59 Å². The summed E-state index contributed by atoms with van der Waals surface area (Å²) >= 11 is 6.75. The van der Waals surface area contributed by atoms with Crippen molar-refractivity contribution in [1.29, 1.82) is 0 Å².